The van der Waals surface area contributed by atoms with E-state index in [1.807, 2.05) is 31.2 Å². The van der Waals surface area contributed by atoms with Crippen LogP contribution in [0, 0.1) is 0 Å². The van der Waals surface area contributed by atoms with Gasteiger partial charge in [0.05, 0.1) is 12.3 Å². The van der Waals surface area contributed by atoms with Crippen molar-refractivity contribution in [1.29, 1.82) is 0 Å². The van der Waals surface area contributed by atoms with Gasteiger partial charge in [0.15, 0.2) is 0 Å². The number of piperazine rings is 1. The van der Waals surface area contributed by atoms with E-state index in [2.05, 4.69) is 5.32 Å². The molecule has 2 amide bonds. The van der Waals surface area contributed by atoms with Gasteiger partial charge in [-0.1, -0.05) is 57.7 Å². The predicted molar refractivity (Wildman–Crippen MR) is 127 cm³/mol. The molecule has 1 atom stereocenters. The fourth-order valence-corrected chi connectivity index (χ4v) is 6.45. The zero-order valence-corrected chi connectivity index (χ0v) is 20.4. The fourth-order valence-electron chi connectivity index (χ4n) is 4.92. The summed E-state index contributed by atoms with van der Waals surface area (Å²) in [7, 11) is -3.63. The standard InChI is InChI=1S/C24H37N3O4S/c1-4-16-32(30,31)26-17-22(28)27(21-15-11-10-12-19(21)5-2)24(3,18-26)23(29)25-20-13-8-6-7-9-14-20/h10-12,15,20H,4-9,13-14,16-18H2,1-3H3,(H,25,29). The molecule has 1 aromatic rings. The molecule has 178 valence electrons. The highest BCUT2D eigenvalue weighted by molar-refractivity contribution is 7.89. The lowest BCUT2D eigenvalue weighted by Gasteiger charge is -2.47. The van der Waals surface area contributed by atoms with Gasteiger partial charge in [-0.3, -0.25) is 14.5 Å². The maximum Gasteiger partial charge on any atom is 0.247 e. The number of hydrogen-bond donors (Lipinski definition) is 1. The Morgan fingerprint density at radius 1 is 1.12 bits per heavy atom. The Bertz CT molecular complexity index is 925. The number of hydrogen-bond acceptors (Lipinski definition) is 4. The number of sulfonamides is 1. The van der Waals surface area contributed by atoms with E-state index in [0.29, 0.717) is 18.5 Å². The summed E-state index contributed by atoms with van der Waals surface area (Å²) >= 11 is 0. The zero-order valence-electron chi connectivity index (χ0n) is 19.6. The van der Waals surface area contributed by atoms with Gasteiger partial charge in [0.1, 0.15) is 5.54 Å². The van der Waals surface area contributed by atoms with E-state index in [1.165, 1.54) is 17.1 Å². The molecule has 0 spiro atoms. The smallest absolute Gasteiger partial charge is 0.247 e. The minimum absolute atomic E-state index is 0.0356. The molecule has 1 saturated carbocycles. The molecule has 2 fully saturated rings. The molecule has 1 saturated heterocycles. The van der Waals surface area contributed by atoms with E-state index in [-0.39, 0.29) is 36.7 Å². The molecule has 0 aromatic heterocycles. The van der Waals surface area contributed by atoms with E-state index >= 15 is 0 Å². The SMILES string of the molecule is CCCS(=O)(=O)N1CC(=O)N(c2ccccc2CC)C(C)(C(=O)NC2CCCCCC2)C1. The van der Waals surface area contributed by atoms with Crippen molar-refractivity contribution in [3.8, 4) is 0 Å². The summed E-state index contributed by atoms with van der Waals surface area (Å²) < 4.78 is 26.9. The summed E-state index contributed by atoms with van der Waals surface area (Å²) in [6.45, 7) is 5.22. The van der Waals surface area contributed by atoms with Crippen LogP contribution in [0.5, 0.6) is 0 Å². The summed E-state index contributed by atoms with van der Waals surface area (Å²) in [5.74, 6) is -0.679. The van der Waals surface area contributed by atoms with Crippen molar-refractivity contribution >= 4 is 27.5 Å². The summed E-state index contributed by atoms with van der Waals surface area (Å²) in [6, 6.07) is 7.63. The van der Waals surface area contributed by atoms with Gasteiger partial charge in [-0.25, -0.2) is 8.42 Å². The second kappa shape index (κ2) is 10.3. The summed E-state index contributed by atoms with van der Waals surface area (Å²) in [5, 5.41) is 3.18. The number of nitrogens with zero attached hydrogens (tertiary/aromatic N) is 2. The van der Waals surface area contributed by atoms with E-state index in [9.17, 15) is 18.0 Å². The van der Waals surface area contributed by atoms with E-state index in [1.54, 1.807) is 18.7 Å². The summed E-state index contributed by atoms with van der Waals surface area (Å²) in [5.41, 5.74) is 0.318. The molecule has 1 aliphatic heterocycles. The Labute approximate surface area is 192 Å². The number of aryl methyl sites for hydroxylation is 1. The first-order valence-corrected chi connectivity index (χ1v) is 13.5. The number of carbonyl (C=O) groups excluding carboxylic acids is 2. The minimum atomic E-state index is -3.63. The average Bonchev–Trinajstić information content (AvgIpc) is 3.02. The van der Waals surface area contributed by atoms with Gasteiger partial charge in [0.2, 0.25) is 21.8 Å². The molecule has 2 aliphatic rings. The predicted octanol–water partition coefficient (Wildman–Crippen LogP) is 3.24. The van der Waals surface area contributed by atoms with Gasteiger partial charge in [-0.15, -0.1) is 0 Å². The minimum Gasteiger partial charge on any atom is -0.351 e. The van der Waals surface area contributed by atoms with Crippen LogP contribution in [-0.2, 0) is 26.0 Å². The molecule has 8 heteroatoms. The number of anilines is 1. The van der Waals surface area contributed by atoms with Crippen LogP contribution in [0.25, 0.3) is 0 Å². The van der Waals surface area contributed by atoms with Crippen LogP contribution in [0.2, 0.25) is 0 Å². The van der Waals surface area contributed by atoms with Crippen LogP contribution in [0.3, 0.4) is 0 Å². The number of carbonyl (C=O) groups is 2. The Balaban J connectivity index is 2.00. The van der Waals surface area contributed by atoms with Gasteiger partial charge in [-0.2, -0.15) is 4.31 Å². The molecule has 1 aliphatic carbocycles. The zero-order chi connectivity index (χ0) is 23.4. The summed E-state index contributed by atoms with van der Waals surface area (Å²) in [4.78, 5) is 28.7. The highest BCUT2D eigenvalue weighted by Gasteiger charge is 2.51. The molecule has 32 heavy (non-hydrogen) atoms. The monoisotopic (exact) mass is 463 g/mol. The van der Waals surface area contributed by atoms with Crippen LogP contribution in [0.1, 0.15) is 71.3 Å². The van der Waals surface area contributed by atoms with Crippen LogP contribution in [-0.4, -0.2) is 55.0 Å². The third kappa shape index (κ3) is 5.17. The number of benzene rings is 1. The van der Waals surface area contributed by atoms with Crippen LogP contribution in [0.15, 0.2) is 24.3 Å². The van der Waals surface area contributed by atoms with Crippen molar-refractivity contribution in [3.05, 3.63) is 29.8 Å². The van der Waals surface area contributed by atoms with E-state index < -0.39 is 15.6 Å². The normalized spacial score (nSPS) is 23.7. The first-order chi connectivity index (χ1) is 15.2. The van der Waals surface area contributed by atoms with Crippen molar-refractivity contribution in [3.63, 3.8) is 0 Å². The lowest BCUT2D eigenvalue weighted by molar-refractivity contribution is -0.133. The van der Waals surface area contributed by atoms with Gasteiger partial charge in [0.25, 0.3) is 0 Å². The number of nitrogens with one attached hydrogen (secondary N) is 1. The van der Waals surface area contributed by atoms with Crippen molar-refractivity contribution in [1.82, 2.24) is 9.62 Å². The van der Waals surface area contributed by atoms with Gasteiger partial charge in [0, 0.05) is 18.3 Å². The molecular formula is C24H37N3O4S. The first kappa shape index (κ1) is 24.7. The summed E-state index contributed by atoms with van der Waals surface area (Å²) in [6.07, 6.45) is 7.47. The Hall–Kier alpha value is -1.93. The maximum atomic E-state index is 13.7. The molecule has 7 nitrogen and oxygen atoms in total. The Kier molecular flexibility index (Phi) is 7.98. The highest BCUT2D eigenvalue weighted by Crippen LogP contribution is 2.34. The second-order valence-corrected chi connectivity index (χ2v) is 11.3. The largest absolute Gasteiger partial charge is 0.351 e. The molecule has 3 rings (SSSR count). The third-order valence-corrected chi connectivity index (χ3v) is 8.66. The van der Waals surface area contributed by atoms with Crippen molar-refractivity contribution in [2.24, 2.45) is 0 Å². The molecule has 1 heterocycles. The molecule has 1 N–H and O–H groups in total. The molecular weight excluding hydrogens is 426 g/mol. The van der Waals surface area contributed by atoms with E-state index in [0.717, 1.165) is 31.2 Å². The topological polar surface area (TPSA) is 86.8 Å². The van der Waals surface area contributed by atoms with Crippen molar-refractivity contribution in [2.75, 3.05) is 23.7 Å². The molecule has 0 radical (unpaired) electrons. The van der Waals surface area contributed by atoms with E-state index in [4.69, 9.17) is 0 Å². The molecule has 0 bridgehead atoms. The average molecular weight is 464 g/mol. The molecule has 1 aromatic carbocycles. The van der Waals surface area contributed by atoms with Gasteiger partial charge < -0.3 is 5.32 Å². The van der Waals surface area contributed by atoms with Gasteiger partial charge in [-0.05, 0) is 44.2 Å². The fraction of sp³-hybridized carbons (Fsp3) is 0.667. The third-order valence-electron chi connectivity index (χ3n) is 6.69. The highest BCUT2D eigenvalue weighted by atomic mass is 32.2. The van der Waals surface area contributed by atoms with Crippen LogP contribution >= 0.6 is 0 Å². The number of amides is 2. The Morgan fingerprint density at radius 3 is 2.41 bits per heavy atom. The van der Waals surface area contributed by atoms with Gasteiger partial charge >= 0.3 is 0 Å². The number of para-hydroxylation sites is 1. The van der Waals surface area contributed by atoms with Crippen LogP contribution < -0.4 is 10.2 Å². The molecule has 1 unspecified atom stereocenters. The quantitative estimate of drug-likeness (QED) is 0.629. The van der Waals surface area contributed by atoms with Crippen molar-refractivity contribution in [2.45, 2.75) is 83.7 Å². The first-order valence-electron chi connectivity index (χ1n) is 11.9. The lowest BCUT2D eigenvalue weighted by atomic mass is 9.92. The number of rotatable bonds is 7. The van der Waals surface area contributed by atoms with Crippen molar-refractivity contribution < 1.29 is 18.0 Å². The second-order valence-electron chi connectivity index (χ2n) is 9.23. The van der Waals surface area contributed by atoms with Crippen LogP contribution in [0.4, 0.5) is 5.69 Å². The lowest BCUT2D eigenvalue weighted by Crippen LogP contribution is -2.71. The maximum absolute atomic E-state index is 13.7. The Morgan fingerprint density at radius 2 is 1.78 bits per heavy atom.